The van der Waals surface area contributed by atoms with E-state index in [0.717, 1.165) is 13.1 Å². The van der Waals surface area contributed by atoms with Crippen LogP contribution in [0.25, 0.3) is 0 Å². The summed E-state index contributed by atoms with van der Waals surface area (Å²) in [5, 5.41) is 3.22. The molecule has 5 heteroatoms. The Hall–Kier alpha value is -1.13. The number of nitrogens with one attached hydrogen (secondary N) is 1. The van der Waals surface area contributed by atoms with E-state index in [-0.39, 0.29) is 28.6 Å². The average molecular weight is 271 g/mol. The van der Waals surface area contributed by atoms with Gasteiger partial charge in [-0.3, -0.25) is 4.79 Å². The van der Waals surface area contributed by atoms with Crippen molar-refractivity contribution in [1.29, 1.82) is 0 Å². The van der Waals surface area contributed by atoms with E-state index in [0.29, 0.717) is 0 Å². The molecule has 1 aliphatic rings. The van der Waals surface area contributed by atoms with Gasteiger partial charge in [0.15, 0.2) is 5.82 Å². The molecule has 0 bridgehead atoms. The first-order valence-electron chi connectivity index (χ1n) is 5.99. The number of piperazine rings is 1. The van der Waals surface area contributed by atoms with Crippen molar-refractivity contribution in [2.24, 2.45) is 0 Å². The molecule has 1 heterocycles. The van der Waals surface area contributed by atoms with Crippen molar-refractivity contribution < 1.29 is 9.18 Å². The van der Waals surface area contributed by atoms with Gasteiger partial charge in [-0.2, -0.15) is 0 Å². The third-order valence-electron chi connectivity index (χ3n) is 3.25. The molecular formula is C13H16ClFN2O. The Labute approximate surface area is 111 Å². The summed E-state index contributed by atoms with van der Waals surface area (Å²) in [7, 11) is 0. The smallest absolute Gasteiger partial charge is 0.257 e. The molecule has 1 saturated heterocycles. The number of benzene rings is 1. The van der Waals surface area contributed by atoms with Gasteiger partial charge >= 0.3 is 0 Å². The first-order valence-corrected chi connectivity index (χ1v) is 6.37. The highest BCUT2D eigenvalue weighted by atomic mass is 35.5. The fourth-order valence-corrected chi connectivity index (χ4v) is 2.52. The number of hydrogen-bond acceptors (Lipinski definition) is 2. The number of nitrogens with zero attached hydrogens (tertiary/aromatic N) is 1. The van der Waals surface area contributed by atoms with Crippen LogP contribution < -0.4 is 5.32 Å². The van der Waals surface area contributed by atoms with Gasteiger partial charge in [-0.15, -0.1) is 0 Å². The van der Waals surface area contributed by atoms with Gasteiger partial charge in [0.1, 0.15) is 0 Å². The minimum absolute atomic E-state index is 0.0173. The topological polar surface area (TPSA) is 32.3 Å². The van der Waals surface area contributed by atoms with Gasteiger partial charge in [0.2, 0.25) is 0 Å². The second-order valence-electron chi connectivity index (χ2n) is 4.67. The second-order valence-corrected chi connectivity index (χ2v) is 5.08. The summed E-state index contributed by atoms with van der Waals surface area (Å²) in [4.78, 5) is 14.1. The zero-order chi connectivity index (χ0) is 13.3. The van der Waals surface area contributed by atoms with Crippen LogP contribution in [0.2, 0.25) is 5.02 Å². The molecule has 2 rings (SSSR count). The minimum Gasteiger partial charge on any atom is -0.331 e. The molecule has 98 valence electrons. The lowest BCUT2D eigenvalue weighted by Crippen LogP contribution is -2.57. The zero-order valence-electron chi connectivity index (χ0n) is 10.4. The van der Waals surface area contributed by atoms with Crippen molar-refractivity contribution in [3.05, 3.63) is 34.6 Å². The summed E-state index contributed by atoms with van der Waals surface area (Å²) in [6, 6.07) is 4.60. The first kappa shape index (κ1) is 13.3. The molecule has 2 unspecified atom stereocenters. The summed E-state index contributed by atoms with van der Waals surface area (Å²) in [6.07, 6.45) is 0. The Kier molecular flexibility index (Phi) is 3.88. The summed E-state index contributed by atoms with van der Waals surface area (Å²) in [5.74, 6) is -0.932. The van der Waals surface area contributed by atoms with Crippen LogP contribution in [0.1, 0.15) is 24.2 Å². The molecule has 1 aromatic carbocycles. The average Bonchev–Trinajstić information content (AvgIpc) is 2.32. The van der Waals surface area contributed by atoms with Crippen molar-refractivity contribution in [3.8, 4) is 0 Å². The van der Waals surface area contributed by atoms with E-state index in [2.05, 4.69) is 5.32 Å². The maximum atomic E-state index is 13.9. The second kappa shape index (κ2) is 5.24. The standard InChI is InChI=1S/C13H16ClFN2O/c1-8-6-16-7-9(2)17(8)13(18)10-4-3-5-11(14)12(10)15/h3-5,8-9,16H,6-7H2,1-2H3. The molecule has 18 heavy (non-hydrogen) atoms. The van der Waals surface area contributed by atoms with Gasteiger partial charge < -0.3 is 10.2 Å². The molecule has 0 radical (unpaired) electrons. The Morgan fingerprint density at radius 3 is 2.61 bits per heavy atom. The Morgan fingerprint density at radius 2 is 2.00 bits per heavy atom. The molecule has 1 aromatic rings. The third kappa shape index (κ3) is 2.35. The van der Waals surface area contributed by atoms with Crippen molar-refractivity contribution in [3.63, 3.8) is 0 Å². The largest absolute Gasteiger partial charge is 0.331 e. The van der Waals surface area contributed by atoms with Crippen LogP contribution in [0.5, 0.6) is 0 Å². The Balaban J connectivity index is 2.32. The quantitative estimate of drug-likeness (QED) is 0.849. The third-order valence-corrected chi connectivity index (χ3v) is 3.54. The van der Waals surface area contributed by atoms with Gasteiger partial charge in [0.05, 0.1) is 10.6 Å². The zero-order valence-corrected chi connectivity index (χ0v) is 11.2. The van der Waals surface area contributed by atoms with Gasteiger partial charge in [-0.25, -0.2) is 4.39 Å². The molecular weight excluding hydrogens is 255 g/mol. The van der Waals surface area contributed by atoms with E-state index in [1.54, 1.807) is 11.0 Å². The van der Waals surface area contributed by atoms with Crippen LogP contribution in [0, 0.1) is 5.82 Å². The number of carbonyl (C=O) groups is 1. The maximum Gasteiger partial charge on any atom is 0.257 e. The number of rotatable bonds is 1. The number of carbonyl (C=O) groups excluding carboxylic acids is 1. The lowest BCUT2D eigenvalue weighted by Gasteiger charge is -2.39. The molecule has 1 aliphatic heterocycles. The van der Waals surface area contributed by atoms with E-state index in [1.807, 2.05) is 13.8 Å². The van der Waals surface area contributed by atoms with Crippen LogP contribution in [0.15, 0.2) is 18.2 Å². The molecule has 1 N–H and O–H groups in total. The van der Waals surface area contributed by atoms with E-state index in [4.69, 9.17) is 11.6 Å². The normalized spacial score (nSPS) is 24.1. The van der Waals surface area contributed by atoms with Crippen LogP contribution in [-0.2, 0) is 0 Å². The van der Waals surface area contributed by atoms with Gasteiger partial charge in [0, 0.05) is 25.2 Å². The SMILES string of the molecule is CC1CNCC(C)N1C(=O)c1cccc(Cl)c1F. The molecule has 0 spiro atoms. The molecule has 1 amide bonds. The van der Waals surface area contributed by atoms with Crippen LogP contribution in [-0.4, -0.2) is 36.0 Å². The summed E-state index contributed by atoms with van der Waals surface area (Å²) < 4.78 is 13.9. The molecule has 1 fully saturated rings. The van der Waals surface area contributed by atoms with Gasteiger partial charge in [0.25, 0.3) is 5.91 Å². The van der Waals surface area contributed by atoms with Crippen molar-refractivity contribution >= 4 is 17.5 Å². The fraction of sp³-hybridized carbons (Fsp3) is 0.462. The molecule has 0 saturated carbocycles. The lowest BCUT2D eigenvalue weighted by atomic mass is 10.1. The van der Waals surface area contributed by atoms with E-state index < -0.39 is 5.82 Å². The molecule has 0 aliphatic carbocycles. The molecule has 2 atom stereocenters. The summed E-state index contributed by atoms with van der Waals surface area (Å²) in [5.41, 5.74) is 0.0445. The van der Waals surface area contributed by atoms with E-state index in [9.17, 15) is 9.18 Å². The fourth-order valence-electron chi connectivity index (χ4n) is 2.34. The van der Waals surface area contributed by atoms with E-state index >= 15 is 0 Å². The molecule has 3 nitrogen and oxygen atoms in total. The Bertz CT molecular complexity index is 456. The van der Waals surface area contributed by atoms with Gasteiger partial charge in [-0.05, 0) is 26.0 Å². The predicted octanol–water partition coefficient (Wildman–Crippen LogP) is 2.30. The first-order chi connectivity index (χ1) is 8.52. The highest BCUT2D eigenvalue weighted by Crippen LogP contribution is 2.22. The molecule has 0 aromatic heterocycles. The number of amides is 1. The predicted molar refractivity (Wildman–Crippen MR) is 69.4 cm³/mol. The highest BCUT2D eigenvalue weighted by Gasteiger charge is 2.31. The monoisotopic (exact) mass is 270 g/mol. The summed E-state index contributed by atoms with van der Waals surface area (Å²) >= 11 is 5.71. The van der Waals surface area contributed by atoms with Crippen molar-refractivity contribution in [2.45, 2.75) is 25.9 Å². The van der Waals surface area contributed by atoms with Gasteiger partial charge in [-0.1, -0.05) is 17.7 Å². The Morgan fingerprint density at radius 1 is 1.39 bits per heavy atom. The van der Waals surface area contributed by atoms with Crippen molar-refractivity contribution in [2.75, 3.05) is 13.1 Å². The van der Waals surface area contributed by atoms with Crippen LogP contribution in [0.3, 0.4) is 0 Å². The number of halogens is 2. The maximum absolute atomic E-state index is 13.9. The van der Waals surface area contributed by atoms with Crippen LogP contribution in [0.4, 0.5) is 4.39 Å². The summed E-state index contributed by atoms with van der Waals surface area (Å²) in [6.45, 7) is 5.34. The van der Waals surface area contributed by atoms with Crippen LogP contribution >= 0.6 is 11.6 Å². The number of hydrogen-bond donors (Lipinski definition) is 1. The van der Waals surface area contributed by atoms with Crippen molar-refractivity contribution in [1.82, 2.24) is 10.2 Å². The highest BCUT2D eigenvalue weighted by molar-refractivity contribution is 6.31. The minimum atomic E-state index is -0.637. The lowest BCUT2D eigenvalue weighted by molar-refractivity contribution is 0.0539. The van der Waals surface area contributed by atoms with E-state index in [1.165, 1.54) is 12.1 Å².